The molecule has 24 heavy (non-hydrogen) atoms. The molecule has 0 saturated heterocycles. The Morgan fingerprint density at radius 3 is 2.67 bits per heavy atom. The van der Waals surface area contributed by atoms with Crippen LogP contribution in [-0.4, -0.2) is 31.2 Å². The van der Waals surface area contributed by atoms with Crippen LogP contribution >= 0.6 is 0 Å². The van der Waals surface area contributed by atoms with Crippen LogP contribution in [0.4, 0.5) is 4.39 Å². The summed E-state index contributed by atoms with van der Waals surface area (Å²) in [4.78, 5) is 15.1. The summed E-state index contributed by atoms with van der Waals surface area (Å²) in [5.41, 5.74) is 1.07. The number of aromatic amines is 1. The van der Waals surface area contributed by atoms with Crippen LogP contribution < -0.4 is 14.8 Å². The lowest BCUT2D eigenvalue weighted by Gasteiger charge is -2.08. The maximum atomic E-state index is 13.2. The van der Waals surface area contributed by atoms with Crippen molar-refractivity contribution >= 4 is 16.8 Å². The van der Waals surface area contributed by atoms with Crippen molar-refractivity contribution in [3.8, 4) is 11.5 Å². The lowest BCUT2D eigenvalue weighted by Crippen LogP contribution is -2.27. The molecule has 0 bridgehead atoms. The molecule has 3 aromatic rings. The molecule has 3 rings (SSSR count). The monoisotopic (exact) mass is 328 g/mol. The summed E-state index contributed by atoms with van der Waals surface area (Å²) in [6.07, 6.45) is 1.57. The van der Waals surface area contributed by atoms with Gasteiger partial charge in [-0.05, 0) is 42.5 Å². The van der Waals surface area contributed by atoms with E-state index in [1.54, 1.807) is 43.6 Å². The molecule has 0 unspecified atom stereocenters. The molecule has 0 aliphatic heterocycles. The molecular weight excluding hydrogens is 311 g/mol. The van der Waals surface area contributed by atoms with Crippen molar-refractivity contribution in [3.63, 3.8) is 0 Å². The van der Waals surface area contributed by atoms with Crippen LogP contribution in [0.15, 0.2) is 48.7 Å². The summed E-state index contributed by atoms with van der Waals surface area (Å²) >= 11 is 0. The zero-order chi connectivity index (χ0) is 16.9. The Labute approximate surface area is 138 Å². The molecule has 0 fully saturated rings. The van der Waals surface area contributed by atoms with Gasteiger partial charge in [-0.25, -0.2) is 4.39 Å². The molecular formula is C18H17FN2O3. The molecule has 6 heteroatoms. The Balaban J connectivity index is 1.53. The second kappa shape index (κ2) is 7.04. The summed E-state index contributed by atoms with van der Waals surface area (Å²) < 4.78 is 23.8. The van der Waals surface area contributed by atoms with Gasteiger partial charge in [0.2, 0.25) is 0 Å². The predicted octanol–water partition coefficient (Wildman–Crippen LogP) is 3.12. The third-order valence-corrected chi connectivity index (χ3v) is 3.60. The fourth-order valence-electron chi connectivity index (χ4n) is 2.39. The van der Waals surface area contributed by atoms with Crippen molar-refractivity contribution in [2.75, 3.05) is 20.3 Å². The number of carbonyl (C=O) groups excluding carboxylic acids is 1. The summed E-state index contributed by atoms with van der Waals surface area (Å²) in [5, 5.41) is 3.47. The zero-order valence-electron chi connectivity index (χ0n) is 13.1. The average molecular weight is 328 g/mol. The van der Waals surface area contributed by atoms with E-state index in [1.165, 1.54) is 12.1 Å². The third kappa shape index (κ3) is 3.48. The van der Waals surface area contributed by atoms with E-state index in [9.17, 15) is 9.18 Å². The highest BCUT2D eigenvalue weighted by Gasteiger charge is 2.11. The van der Waals surface area contributed by atoms with Crippen LogP contribution in [0.5, 0.6) is 11.5 Å². The molecule has 0 saturated carbocycles. The van der Waals surface area contributed by atoms with Gasteiger partial charge in [-0.1, -0.05) is 0 Å². The van der Waals surface area contributed by atoms with Crippen molar-refractivity contribution in [1.29, 1.82) is 0 Å². The lowest BCUT2D eigenvalue weighted by atomic mass is 10.1. The Hall–Kier alpha value is -3.02. The van der Waals surface area contributed by atoms with Gasteiger partial charge in [0.05, 0.1) is 19.2 Å². The topological polar surface area (TPSA) is 63.4 Å². The average Bonchev–Trinajstić information content (AvgIpc) is 3.02. The number of amides is 1. The van der Waals surface area contributed by atoms with Crippen molar-refractivity contribution in [2.24, 2.45) is 0 Å². The van der Waals surface area contributed by atoms with Crippen LogP contribution in [0, 0.1) is 5.82 Å². The van der Waals surface area contributed by atoms with Crippen molar-refractivity contribution in [3.05, 3.63) is 60.0 Å². The number of rotatable bonds is 6. The molecule has 0 aliphatic rings. The zero-order valence-corrected chi connectivity index (χ0v) is 13.1. The van der Waals surface area contributed by atoms with Gasteiger partial charge < -0.3 is 19.8 Å². The predicted molar refractivity (Wildman–Crippen MR) is 89.1 cm³/mol. The van der Waals surface area contributed by atoms with Gasteiger partial charge in [0, 0.05) is 17.1 Å². The van der Waals surface area contributed by atoms with Crippen LogP contribution in [0.3, 0.4) is 0 Å². The van der Waals surface area contributed by atoms with E-state index < -0.39 is 0 Å². The molecule has 1 amide bonds. The standard InChI is InChI=1S/C18H17FN2O3/c1-23-13-3-5-14(6-4-13)24-9-8-20-18(22)16-11-21-17-10-12(19)2-7-15(16)17/h2-7,10-11,21H,8-9H2,1H3,(H,20,22). The Morgan fingerprint density at radius 2 is 1.92 bits per heavy atom. The Morgan fingerprint density at radius 1 is 1.17 bits per heavy atom. The first-order valence-corrected chi connectivity index (χ1v) is 7.49. The number of halogens is 1. The Kier molecular flexibility index (Phi) is 4.65. The van der Waals surface area contributed by atoms with Crippen molar-refractivity contribution in [2.45, 2.75) is 0 Å². The van der Waals surface area contributed by atoms with Crippen molar-refractivity contribution in [1.82, 2.24) is 10.3 Å². The van der Waals surface area contributed by atoms with Crippen molar-refractivity contribution < 1.29 is 18.7 Å². The van der Waals surface area contributed by atoms with Gasteiger partial charge >= 0.3 is 0 Å². The van der Waals surface area contributed by atoms with E-state index in [1.807, 2.05) is 0 Å². The van der Waals surface area contributed by atoms with Crippen LogP contribution in [0.1, 0.15) is 10.4 Å². The smallest absolute Gasteiger partial charge is 0.253 e. The molecule has 0 radical (unpaired) electrons. The summed E-state index contributed by atoms with van der Waals surface area (Å²) in [5.74, 6) is 0.884. The van der Waals surface area contributed by atoms with Gasteiger partial charge in [0.15, 0.2) is 0 Å². The van der Waals surface area contributed by atoms with E-state index in [0.717, 1.165) is 5.75 Å². The number of hydrogen-bond donors (Lipinski definition) is 2. The maximum absolute atomic E-state index is 13.2. The first-order valence-electron chi connectivity index (χ1n) is 7.49. The Bertz CT molecular complexity index is 843. The van der Waals surface area contributed by atoms with E-state index in [0.29, 0.717) is 35.4 Å². The minimum atomic E-state index is -0.343. The number of nitrogens with one attached hydrogen (secondary N) is 2. The van der Waals surface area contributed by atoms with E-state index in [-0.39, 0.29) is 11.7 Å². The fraction of sp³-hybridized carbons (Fsp3) is 0.167. The lowest BCUT2D eigenvalue weighted by molar-refractivity contribution is 0.0948. The first kappa shape index (κ1) is 15.9. The third-order valence-electron chi connectivity index (χ3n) is 3.60. The highest BCUT2D eigenvalue weighted by molar-refractivity contribution is 6.06. The van der Waals surface area contributed by atoms with Gasteiger partial charge in [0.1, 0.15) is 23.9 Å². The summed E-state index contributed by atoms with van der Waals surface area (Å²) in [7, 11) is 1.60. The maximum Gasteiger partial charge on any atom is 0.253 e. The van der Waals surface area contributed by atoms with Crippen LogP contribution in [-0.2, 0) is 0 Å². The highest BCUT2D eigenvalue weighted by Crippen LogP contribution is 2.19. The molecule has 1 aromatic heterocycles. The number of benzene rings is 2. The number of carbonyl (C=O) groups is 1. The minimum absolute atomic E-state index is 0.230. The normalized spacial score (nSPS) is 10.6. The molecule has 124 valence electrons. The van der Waals surface area contributed by atoms with Gasteiger partial charge in [0.25, 0.3) is 5.91 Å². The molecule has 5 nitrogen and oxygen atoms in total. The second-order valence-corrected chi connectivity index (χ2v) is 5.17. The van der Waals surface area contributed by atoms with Gasteiger partial charge in [-0.15, -0.1) is 0 Å². The fourth-order valence-corrected chi connectivity index (χ4v) is 2.39. The second-order valence-electron chi connectivity index (χ2n) is 5.17. The van der Waals surface area contributed by atoms with E-state index in [4.69, 9.17) is 9.47 Å². The van der Waals surface area contributed by atoms with Crippen LogP contribution in [0.2, 0.25) is 0 Å². The summed E-state index contributed by atoms with van der Waals surface area (Å²) in [6.45, 7) is 0.702. The van der Waals surface area contributed by atoms with E-state index >= 15 is 0 Å². The molecule has 0 aliphatic carbocycles. The van der Waals surface area contributed by atoms with Crippen LogP contribution in [0.25, 0.3) is 10.9 Å². The summed E-state index contributed by atoms with van der Waals surface area (Å²) in [6, 6.07) is 11.5. The highest BCUT2D eigenvalue weighted by atomic mass is 19.1. The number of hydrogen-bond acceptors (Lipinski definition) is 3. The molecule has 2 aromatic carbocycles. The number of methoxy groups -OCH3 is 1. The minimum Gasteiger partial charge on any atom is -0.497 e. The van der Waals surface area contributed by atoms with Gasteiger partial charge in [-0.3, -0.25) is 4.79 Å². The number of aromatic nitrogens is 1. The SMILES string of the molecule is COc1ccc(OCCNC(=O)c2c[nH]c3cc(F)ccc23)cc1. The van der Waals surface area contributed by atoms with Gasteiger partial charge in [-0.2, -0.15) is 0 Å². The molecule has 0 spiro atoms. The first-order chi connectivity index (χ1) is 11.7. The number of ether oxygens (including phenoxy) is 2. The molecule has 0 atom stereocenters. The quantitative estimate of drug-likeness (QED) is 0.683. The number of fused-ring (bicyclic) bond motifs is 1. The molecule has 2 N–H and O–H groups in total. The largest absolute Gasteiger partial charge is 0.497 e. The molecule has 1 heterocycles. The number of H-pyrrole nitrogens is 1. The van der Waals surface area contributed by atoms with E-state index in [2.05, 4.69) is 10.3 Å².